The van der Waals surface area contributed by atoms with Crippen LogP contribution in [0.5, 0.6) is 0 Å². The average molecular weight is 256 g/mol. The van der Waals surface area contributed by atoms with Crippen molar-refractivity contribution in [2.24, 2.45) is 0 Å². The number of hydrogen-bond donors (Lipinski definition) is 1. The molecule has 0 heterocycles. The number of likely N-dealkylation sites (N-methyl/N-ethyl adjacent to an activating group) is 1. The molecule has 108 valence electrons. The predicted octanol–water partition coefficient (Wildman–Crippen LogP) is 2.66. The Hall–Kier alpha value is -0.120. The van der Waals surface area contributed by atoms with Gasteiger partial charge in [0.15, 0.2) is 0 Å². The van der Waals surface area contributed by atoms with Crippen LogP contribution in [0.3, 0.4) is 0 Å². The van der Waals surface area contributed by atoms with E-state index in [1.54, 1.807) is 7.11 Å². The fourth-order valence-electron chi connectivity index (χ4n) is 2.80. The van der Waals surface area contributed by atoms with Crippen molar-refractivity contribution < 1.29 is 4.74 Å². The molecule has 0 bridgehead atoms. The number of nitrogens with one attached hydrogen (secondary N) is 1. The zero-order chi connectivity index (χ0) is 13.6. The maximum atomic E-state index is 5.45. The molecule has 0 aliphatic heterocycles. The Kier molecular flexibility index (Phi) is 6.09. The second-order valence-electron chi connectivity index (χ2n) is 6.57. The van der Waals surface area contributed by atoms with E-state index in [0.717, 1.165) is 19.5 Å². The monoisotopic (exact) mass is 256 g/mol. The molecule has 1 saturated carbocycles. The Balaban J connectivity index is 2.35. The number of nitrogens with zero attached hydrogens (tertiary/aromatic N) is 1. The van der Waals surface area contributed by atoms with Gasteiger partial charge in [0, 0.05) is 19.2 Å². The van der Waals surface area contributed by atoms with Crippen molar-refractivity contribution in [3.05, 3.63) is 0 Å². The standard InChI is InChI=1S/C15H32N2O/c1-14(2,18-5)11-12-16-13-15(17(3)4)9-7-6-8-10-15/h16H,6-13H2,1-5H3. The minimum atomic E-state index is -0.00908. The maximum absolute atomic E-state index is 5.45. The first-order chi connectivity index (χ1) is 8.42. The first-order valence-electron chi connectivity index (χ1n) is 7.35. The fourth-order valence-corrected chi connectivity index (χ4v) is 2.80. The molecule has 3 nitrogen and oxygen atoms in total. The first kappa shape index (κ1) is 15.9. The minimum Gasteiger partial charge on any atom is -0.379 e. The van der Waals surface area contributed by atoms with Gasteiger partial charge in [-0.25, -0.2) is 0 Å². The minimum absolute atomic E-state index is 0.00908. The van der Waals surface area contributed by atoms with Crippen molar-refractivity contribution >= 4 is 0 Å². The molecular formula is C15H32N2O. The van der Waals surface area contributed by atoms with Crippen molar-refractivity contribution in [2.45, 2.75) is 63.5 Å². The van der Waals surface area contributed by atoms with Crippen LogP contribution in [0.4, 0.5) is 0 Å². The van der Waals surface area contributed by atoms with Crippen LogP contribution in [-0.2, 0) is 4.74 Å². The zero-order valence-corrected chi connectivity index (χ0v) is 13.0. The SMILES string of the molecule is COC(C)(C)CCNCC1(N(C)C)CCCCC1. The number of hydrogen-bond acceptors (Lipinski definition) is 3. The summed E-state index contributed by atoms with van der Waals surface area (Å²) in [5.74, 6) is 0. The third-order valence-corrected chi connectivity index (χ3v) is 4.64. The van der Waals surface area contributed by atoms with Gasteiger partial charge in [-0.2, -0.15) is 0 Å². The lowest BCUT2D eigenvalue weighted by Crippen LogP contribution is -2.53. The van der Waals surface area contributed by atoms with E-state index in [-0.39, 0.29) is 5.60 Å². The van der Waals surface area contributed by atoms with E-state index in [1.165, 1.54) is 32.1 Å². The van der Waals surface area contributed by atoms with Crippen LogP contribution in [0.25, 0.3) is 0 Å². The van der Waals surface area contributed by atoms with Gasteiger partial charge in [0.25, 0.3) is 0 Å². The van der Waals surface area contributed by atoms with Gasteiger partial charge in [0.1, 0.15) is 0 Å². The Morgan fingerprint density at radius 1 is 1.17 bits per heavy atom. The Morgan fingerprint density at radius 3 is 2.28 bits per heavy atom. The molecule has 1 aliphatic carbocycles. The number of ether oxygens (including phenoxy) is 1. The van der Waals surface area contributed by atoms with Gasteiger partial charge in [-0.05, 0) is 53.8 Å². The van der Waals surface area contributed by atoms with Crippen molar-refractivity contribution in [3.63, 3.8) is 0 Å². The molecule has 0 amide bonds. The summed E-state index contributed by atoms with van der Waals surface area (Å²) in [5.41, 5.74) is 0.375. The van der Waals surface area contributed by atoms with Crippen LogP contribution in [0.15, 0.2) is 0 Å². The molecule has 0 unspecified atom stereocenters. The molecule has 1 rings (SSSR count). The molecule has 0 saturated heterocycles. The summed E-state index contributed by atoms with van der Waals surface area (Å²) in [7, 11) is 6.25. The number of rotatable bonds is 7. The lowest BCUT2D eigenvalue weighted by molar-refractivity contribution is 0.0144. The van der Waals surface area contributed by atoms with Gasteiger partial charge in [-0.1, -0.05) is 19.3 Å². The van der Waals surface area contributed by atoms with E-state index >= 15 is 0 Å². The molecular weight excluding hydrogens is 224 g/mol. The molecule has 0 aromatic rings. The quantitative estimate of drug-likeness (QED) is 0.709. The smallest absolute Gasteiger partial charge is 0.0634 e. The largest absolute Gasteiger partial charge is 0.379 e. The van der Waals surface area contributed by atoms with Crippen molar-refractivity contribution in [3.8, 4) is 0 Å². The molecule has 1 fully saturated rings. The first-order valence-corrected chi connectivity index (χ1v) is 7.35. The third kappa shape index (κ3) is 4.52. The van der Waals surface area contributed by atoms with Gasteiger partial charge in [-0.15, -0.1) is 0 Å². The summed E-state index contributed by atoms with van der Waals surface area (Å²) in [6, 6.07) is 0. The van der Waals surface area contributed by atoms with Crippen molar-refractivity contribution in [1.29, 1.82) is 0 Å². The van der Waals surface area contributed by atoms with E-state index in [2.05, 4.69) is 38.2 Å². The highest BCUT2D eigenvalue weighted by molar-refractivity contribution is 4.92. The molecule has 0 radical (unpaired) electrons. The molecule has 1 N–H and O–H groups in total. The molecule has 0 spiro atoms. The van der Waals surface area contributed by atoms with Gasteiger partial charge in [0.05, 0.1) is 5.60 Å². The zero-order valence-electron chi connectivity index (χ0n) is 13.0. The highest BCUT2D eigenvalue weighted by Gasteiger charge is 2.33. The van der Waals surface area contributed by atoms with E-state index in [4.69, 9.17) is 4.74 Å². The maximum Gasteiger partial charge on any atom is 0.0634 e. The molecule has 1 aliphatic rings. The van der Waals surface area contributed by atoms with E-state index < -0.39 is 0 Å². The summed E-state index contributed by atoms with van der Waals surface area (Å²) >= 11 is 0. The van der Waals surface area contributed by atoms with E-state index in [0.29, 0.717) is 5.54 Å². The van der Waals surface area contributed by atoms with Crippen LogP contribution in [0, 0.1) is 0 Å². The lowest BCUT2D eigenvalue weighted by Gasteiger charge is -2.43. The highest BCUT2D eigenvalue weighted by atomic mass is 16.5. The van der Waals surface area contributed by atoms with Crippen LogP contribution in [0.1, 0.15) is 52.4 Å². The van der Waals surface area contributed by atoms with Gasteiger partial charge in [-0.3, -0.25) is 0 Å². The highest BCUT2D eigenvalue weighted by Crippen LogP contribution is 2.31. The van der Waals surface area contributed by atoms with Crippen LogP contribution in [-0.4, -0.2) is 50.3 Å². The Bertz CT molecular complexity index is 233. The number of methoxy groups -OCH3 is 1. The summed E-state index contributed by atoms with van der Waals surface area (Å²) in [5, 5.41) is 3.65. The molecule has 0 aromatic carbocycles. The summed E-state index contributed by atoms with van der Waals surface area (Å²) in [6.07, 6.45) is 7.90. The second kappa shape index (κ2) is 6.88. The summed E-state index contributed by atoms with van der Waals surface area (Å²) in [4.78, 5) is 2.43. The summed E-state index contributed by atoms with van der Waals surface area (Å²) < 4.78 is 5.45. The molecule has 0 aromatic heterocycles. The van der Waals surface area contributed by atoms with Gasteiger partial charge in [0.2, 0.25) is 0 Å². The van der Waals surface area contributed by atoms with Crippen molar-refractivity contribution in [2.75, 3.05) is 34.3 Å². The van der Waals surface area contributed by atoms with Crippen LogP contribution < -0.4 is 5.32 Å². The van der Waals surface area contributed by atoms with Crippen LogP contribution in [0.2, 0.25) is 0 Å². The van der Waals surface area contributed by atoms with E-state index in [1.807, 2.05) is 0 Å². The van der Waals surface area contributed by atoms with Crippen LogP contribution >= 0.6 is 0 Å². The third-order valence-electron chi connectivity index (χ3n) is 4.64. The molecule has 18 heavy (non-hydrogen) atoms. The Morgan fingerprint density at radius 2 is 1.78 bits per heavy atom. The Labute approximate surface area is 113 Å². The second-order valence-corrected chi connectivity index (χ2v) is 6.57. The fraction of sp³-hybridized carbons (Fsp3) is 1.00. The van der Waals surface area contributed by atoms with Crippen molar-refractivity contribution in [1.82, 2.24) is 10.2 Å². The normalized spacial score (nSPS) is 20.3. The van der Waals surface area contributed by atoms with Gasteiger partial charge >= 0.3 is 0 Å². The predicted molar refractivity (Wildman–Crippen MR) is 78.1 cm³/mol. The van der Waals surface area contributed by atoms with Gasteiger partial charge < -0.3 is 15.0 Å². The summed E-state index contributed by atoms with van der Waals surface area (Å²) in [6.45, 7) is 6.45. The van der Waals surface area contributed by atoms with E-state index in [9.17, 15) is 0 Å². The molecule has 3 heteroatoms. The average Bonchev–Trinajstić information content (AvgIpc) is 2.36. The lowest BCUT2D eigenvalue weighted by atomic mass is 9.80. The topological polar surface area (TPSA) is 24.5 Å². The molecule has 0 atom stereocenters.